The van der Waals surface area contributed by atoms with Gasteiger partial charge in [-0.25, -0.2) is 18.6 Å². The van der Waals surface area contributed by atoms with Crippen LogP contribution < -0.4 is 14.9 Å². The third kappa shape index (κ3) is 5.39. The first-order valence-corrected chi connectivity index (χ1v) is 15.6. The number of fused-ring (bicyclic) bond motifs is 2. The van der Waals surface area contributed by atoms with Crippen LogP contribution in [0.1, 0.15) is 35.2 Å². The third-order valence-electron chi connectivity index (χ3n) is 7.93. The van der Waals surface area contributed by atoms with E-state index in [1.165, 1.54) is 40.2 Å². The van der Waals surface area contributed by atoms with E-state index in [-0.39, 0.29) is 23.6 Å². The zero-order chi connectivity index (χ0) is 31.8. The lowest BCUT2D eigenvalue weighted by Gasteiger charge is -2.25. The van der Waals surface area contributed by atoms with E-state index in [0.717, 1.165) is 22.0 Å². The molecule has 0 saturated carbocycles. The fourth-order valence-electron chi connectivity index (χ4n) is 5.85. The topological polar surface area (TPSA) is 65.6 Å². The SMILES string of the molecule is CCOC(=O)C1=C(c2ccccc2)N=c2s/c(=C\c3cn(Cc4ccc(F)cc4)c4ccccc34)c(=O)n2[C@@H]1c1ccc(F)cc1. The molecule has 0 spiro atoms. The number of hydrogen-bond acceptors (Lipinski definition) is 5. The van der Waals surface area contributed by atoms with Gasteiger partial charge < -0.3 is 9.30 Å². The van der Waals surface area contributed by atoms with Crippen LogP contribution in [0.2, 0.25) is 0 Å². The number of carbonyl (C=O) groups excluding carboxylic acids is 1. The summed E-state index contributed by atoms with van der Waals surface area (Å²) in [4.78, 5) is 33.2. The smallest absolute Gasteiger partial charge is 0.338 e. The monoisotopic (exact) mass is 631 g/mol. The fraction of sp³-hybridized carbons (Fsp3) is 0.108. The highest BCUT2D eigenvalue weighted by molar-refractivity contribution is 7.07. The van der Waals surface area contributed by atoms with E-state index in [9.17, 15) is 18.4 Å². The maximum atomic E-state index is 14.3. The molecule has 6 nitrogen and oxygen atoms in total. The molecule has 4 aromatic carbocycles. The van der Waals surface area contributed by atoms with Crippen LogP contribution in [0.3, 0.4) is 0 Å². The first-order valence-electron chi connectivity index (χ1n) is 14.8. The van der Waals surface area contributed by atoms with Crippen LogP contribution in [0.15, 0.2) is 125 Å². The minimum absolute atomic E-state index is 0.132. The predicted molar refractivity (Wildman–Crippen MR) is 175 cm³/mol. The van der Waals surface area contributed by atoms with Gasteiger partial charge >= 0.3 is 5.97 Å². The quantitative estimate of drug-likeness (QED) is 0.197. The highest BCUT2D eigenvalue weighted by atomic mass is 32.1. The molecular formula is C37H27F2N3O3S. The fourth-order valence-corrected chi connectivity index (χ4v) is 6.84. The molecule has 0 radical (unpaired) electrons. The van der Waals surface area contributed by atoms with Crippen molar-refractivity contribution in [3.8, 4) is 0 Å². The Hall–Kier alpha value is -5.41. The average Bonchev–Trinajstić information content (AvgIpc) is 3.58. The summed E-state index contributed by atoms with van der Waals surface area (Å²) in [5.41, 5.74) is 4.25. The first kappa shape index (κ1) is 29.3. The van der Waals surface area contributed by atoms with E-state index in [2.05, 4.69) is 4.57 Å². The van der Waals surface area contributed by atoms with Crippen molar-refractivity contribution in [1.82, 2.24) is 9.13 Å². The summed E-state index contributed by atoms with van der Waals surface area (Å²) in [5, 5.41) is 0.947. The number of benzene rings is 4. The lowest BCUT2D eigenvalue weighted by Crippen LogP contribution is -2.40. The Morgan fingerprint density at radius 2 is 1.59 bits per heavy atom. The van der Waals surface area contributed by atoms with E-state index in [1.807, 2.05) is 66.9 Å². The van der Waals surface area contributed by atoms with Gasteiger partial charge in [0.05, 0.1) is 28.5 Å². The van der Waals surface area contributed by atoms with Crippen molar-refractivity contribution in [3.63, 3.8) is 0 Å². The van der Waals surface area contributed by atoms with E-state index in [4.69, 9.17) is 9.73 Å². The molecule has 46 heavy (non-hydrogen) atoms. The van der Waals surface area contributed by atoms with Gasteiger partial charge in [0.2, 0.25) is 0 Å². The number of thiazole rings is 1. The van der Waals surface area contributed by atoms with Gasteiger partial charge in [-0.1, -0.05) is 84.1 Å². The number of ether oxygens (including phenoxy) is 1. The van der Waals surface area contributed by atoms with Crippen LogP contribution in [0.5, 0.6) is 0 Å². The summed E-state index contributed by atoms with van der Waals surface area (Å²) >= 11 is 1.22. The van der Waals surface area contributed by atoms with Gasteiger partial charge in [-0.2, -0.15) is 0 Å². The summed E-state index contributed by atoms with van der Waals surface area (Å²) in [7, 11) is 0. The second-order valence-corrected chi connectivity index (χ2v) is 11.8. The normalized spacial score (nSPS) is 14.8. The van der Waals surface area contributed by atoms with Crippen LogP contribution in [-0.4, -0.2) is 21.7 Å². The minimum Gasteiger partial charge on any atom is -0.463 e. The molecule has 1 aliphatic heterocycles. The standard InChI is InChI=1S/C37H27F2N3O3S/c1-2-45-36(44)32-33(24-8-4-3-5-9-24)40-37-42(34(32)25-14-18-28(39)19-15-25)35(43)31(46-37)20-26-22-41(30-11-7-6-10-29(26)30)21-23-12-16-27(38)17-13-23/h3-20,22,34H,2,21H2,1H3/b31-20-/t34-/m1/s1. The zero-order valence-corrected chi connectivity index (χ0v) is 25.5. The Morgan fingerprint density at radius 1 is 0.913 bits per heavy atom. The van der Waals surface area contributed by atoms with Crippen molar-refractivity contribution in [1.29, 1.82) is 0 Å². The number of nitrogens with zero attached hydrogens (tertiary/aromatic N) is 3. The molecular weight excluding hydrogens is 604 g/mol. The maximum Gasteiger partial charge on any atom is 0.338 e. The molecule has 0 N–H and O–H groups in total. The Labute approximate surface area is 266 Å². The average molecular weight is 632 g/mol. The molecule has 3 heterocycles. The van der Waals surface area contributed by atoms with Crippen molar-refractivity contribution in [3.05, 3.63) is 168 Å². The minimum atomic E-state index is -0.895. The predicted octanol–water partition coefficient (Wildman–Crippen LogP) is 6.22. The van der Waals surface area contributed by atoms with Crippen molar-refractivity contribution < 1.29 is 18.3 Å². The number of halogens is 2. The van der Waals surface area contributed by atoms with Gasteiger partial charge in [-0.05, 0) is 54.5 Å². The van der Waals surface area contributed by atoms with Crippen LogP contribution >= 0.6 is 11.3 Å². The third-order valence-corrected chi connectivity index (χ3v) is 8.91. The van der Waals surface area contributed by atoms with Crippen LogP contribution in [0.4, 0.5) is 8.78 Å². The molecule has 9 heteroatoms. The molecule has 0 fully saturated rings. The Bertz CT molecular complexity index is 2300. The summed E-state index contributed by atoms with van der Waals surface area (Å²) < 4.78 is 37.1. The second-order valence-electron chi connectivity index (χ2n) is 10.8. The molecule has 2 aromatic heterocycles. The highest BCUT2D eigenvalue weighted by Crippen LogP contribution is 2.35. The van der Waals surface area contributed by atoms with Crippen LogP contribution in [0.25, 0.3) is 22.7 Å². The number of rotatable bonds is 7. The summed E-state index contributed by atoms with van der Waals surface area (Å²) in [6, 6.07) is 28.4. The molecule has 1 atom stereocenters. The van der Waals surface area contributed by atoms with E-state index in [1.54, 1.807) is 31.2 Å². The van der Waals surface area contributed by atoms with Crippen molar-refractivity contribution in [2.45, 2.75) is 19.5 Å². The Balaban J connectivity index is 1.44. The van der Waals surface area contributed by atoms with Gasteiger partial charge in [-0.15, -0.1) is 0 Å². The van der Waals surface area contributed by atoms with Crippen molar-refractivity contribution in [2.24, 2.45) is 4.99 Å². The maximum absolute atomic E-state index is 14.3. The Kier molecular flexibility index (Phi) is 7.76. The zero-order valence-electron chi connectivity index (χ0n) is 24.7. The molecule has 0 amide bonds. The number of esters is 1. The summed E-state index contributed by atoms with van der Waals surface area (Å²) in [6.45, 7) is 2.37. The highest BCUT2D eigenvalue weighted by Gasteiger charge is 2.35. The van der Waals surface area contributed by atoms with Crippen molar-refractivity contribution >= 4 is 40.0 Å². The molecule has 0 unspecified atom stereocenters. The molecule has 1 aliphatic rings. The van der Waals surface area contributed by atoms with Crippen molar-refractivity contribution in [2.75, 3.05) is 6.61 Å². The van der Waals surface area contributed by atoms with Crippen LogP contribution in [0, 0.1) is 11.6 Å². The van der Waals surface area contributed by atoms with Crippen LogP contribution in [-0.2, 0) is 16.1 Å². The van der Waals surface area contributed by atoms with Gasteiger partial charge in [-0.3, -0.25) is 9.36 Å². The number of carbonyl (C=O) groups is 1. The van der Waals surface area contributed by atoms with Gasteiger partial charge in [0.15, 0.2) is 4.80 Å². The molecule has 228 valence electrons. The molecule has 0 saturated heterocycles. The summed E-state index contributed by atoms with van der Waals surface area (Å²) in [6.07, 6.45) is 3.81. The summed E-state index contributed by atoms with van der Waals surface area (Å²) in [5.74, 6) is -1.33. The first-order chi connectivity index (χ1) is 22.4. The lowest BCUT2D eigenvalue weighted by atomic mass is 9.93. The largest absolute Gasteiger partial charge is 0.463 e. The number of hydrogen-bond donors (Lipinski definition) is 0. The molecule has 0 aliphatic carbocycles. The number of aromatic nitrogens is 2. The molecule has 7 rings (SSSR count). The molecule has 6 aromatic rings. The Morgan fingerprint density at radius 3 is 2.30 bits per heavy atom. The van der Waals surface area contributed by atoms with E-state index in [0.29, 0.717) is 32.7 Å². The second kappa shape index (κ2) is 12.2. The van der Waals surface area contributed by atoms with E-state index < -0.39 is 17.8 Å². The van der Waals surface area contributed by atoms with Gasteiger partial charge in [0, 0.05) is 34.8 Å². The lowest BCUT2D eigenvalue weighted by molar-refractivity contribution is -0.138. The van der Waals surface area contributed by atoms with Gasteiger partial charge in [0.1, 0.15) is 11.6 Å². The molecule has 0 bridgehead atoms. The van der Waals surface area contributed by atoms with Gasteiger partial charge in [0.25, 0.3) is 5.56 Å². The van der Waals surface area contributed by atoms with E-state index >= 15 is 0 Å². The number of para-hydroxylation sites is 1.